The molecule has 92 valence electrons. The monoisotopic (exact) mass is 235 g/mol. The van der Waals surface area contributed by atoms with Gasteiger partial charge in [0.2, 0.25) is 0 Å². The van der Waals surface area contributed by atoms with E-state index in [-0.39, 0.29) is 5.82 Å². The van der Waals surface area contributed by atoms with Gasteiger partial charge in [-0.25, -0.2) is 4.39 Å². The van der Waals surface area contributed by atoms with E-state index < -0.39 is 0 Å². The van der Waals surface area contributed by atoms with Gasteiger partial charge in [-0.1, -0.05) is 0 Å². The first-order valence-corrected chi connectivity index (χ1v) is 6.28. The summed E-state index contributed by atoms with van der Waals surface area (Å²) in [5.74, 6) is 1.29. The van der Waals surface area contributed by atoms with Crippen LogP contribution in [0.3, 0.4) is 0 Å². The fourth-order valence-electron chi connectivity index (χ4n) is 3.24. The van der Waals surface area contributed by atoms with Crippen LogP contribution in [0.5, 0.6) is 0 Å². The van der Waals surface area contributed by atoms with Crippen LogP contribution in [0.2, 0.25) is 0 Å². The van der Waals surface area contributed by atoms with E-state index in [0.717, 1.165) is 43.6 Å². The second kappa shape index (κ2) is 4.35. The second-order valence-electron chi connectivity index (χ2n) is 5.26. The van der Waals surface area contributed by atoms with E-state index in [0.29, 0.717) is 6.04 Å². The van der Waals surface area contributed by atoms with Gasteiger partial charge in [0.1, 0.15) is 5.82 Å². The van der Waals surface area contributed by atoms with Gasteiger partial charge in [0, 0.05) is 25.3 Å². The van der Waals surface area contributed by atoms with Gasteiger partial charge in [-0.3, -0.25) is 9.88 Å². The molecule has 1 aromatic rings. The Bertz CT molecular complexity index is 409. The quantitative estimate of drug-likeness (QED) is 0.836. The predicted octanol–water partition coefficient (Wildman–Crippen LogP) is 1.26. The highest BCUT2D eigenvalue weighted by Crippen LogP contribution is 2.33. The van der Waals surface area contributed by atoms with Crippen molar-refractivity contribution < 1.29 is 4.39 Å². The lowest BCUT2D eigenvalue weighted by Gasteiger charge is -2.24. The van der Waals surface area contributed by atoms with Crippen LogP contribution in [0.15, 0.2) is 18.5 Å². The average molecular weight is 235 g/mol. The van der Waals surface area contributed by atoms with Gasteiger partial charge < -0.3 is 5.32 Å². The normalized spacial score (nSPS) is 32.9. The van der Waals surface area contributed by atoms with Gasteiger partial charge in [-0.05, 0) is 43.5 Å². The van der Waals surface area contributed by atoms with Crippen molar-refractivity contribution in [3.8, 4) is 0 Å². The topological polar surface area (TPSA) is 28.2 Å². The third-order valence-electron chi connectivity index (χ3n) is 4.20. The molecule has 0 saturated carbocycles. The molecule has 2 aliphatic rings. The lowest BCUT2D eigenvalue weighted by Crippen LogP contribution is -2.32. The van der Waals surface area contributed by atoms with Crippen molar-refractivity contribution in [3.05, 3.63) is 29.8 Å². The van der Waals surface area contributed by atoms with Gasteiger partial charge in [-0.2, -0.15) is 0 Å². The standard InChI is InChI=1S/C13H18FN3/c1-9-13-6-16-4-11(13)8-17(9)7-10-2-12(14)5-15-3-10/h2-3,5,9,11,13,16H,4,6-8H2,1H3. The van der Waals surface area contributed by atoms with Gasteiger partial charge >= 0.3 is 0 Å². The number of halogens is 1. The van der Waals surface area contributed by atoms with Crippen molar-refractivity contribution in [2.24, 2.45) is 11.8 Å². The third-order valence-corrected chi connectivity index (χ3v) is 4.20. The smallest absolute Gasteiger partial charge is 0.141 e. The molecular formula is C13H18FN3. The highest BCUT2D eigenvalue weighted by molar-refractivity contribution is 5.11. The molecule has 3 rings (SSSR count). The van der Waals surface area contributed by atoms with Crippen molar-refractivity contribution in [2.45, 2.75) is 19.5 Å². The number of fused-ring (bicyclic) bond motifs is 1. The Morgan fingerprint density at radius 1 is 1.47 bits per heavy atom. The fourth-order valence-corrected chi connectivity index (χ4v) is 3.24. The largest absolute Gasteiger partial charge is 0.316 e. The van der Waals surface area contributed by atoms with E-state index in [2.05, 4.69) is 22.1 Å². The number of nitrogens with zero attached hydrogens (tertiary/aromatic N) is 2. The lowest BCUT2D eigenvalue weighted by atomic mass is 9.95. The van der Waals surface area contributed by atoms with Crippen LogP contribution >= 0.6 is 0 Å². The first-order valence-electron chi connectivity index (χ1n) is 6.28. The summed E-state index contributed by atoms with van der Waals surface area (Å²) < 4.78 is 13.1. The molecule has 3 nitrogen and oxygen atoms in total. The number of aromatic nitrogens is 1. The Balaban J connectivity index is 1.70. The van der Waals surface area contributed by atoms with Crippen LogP contribution < -0.4 is 5.32 Å². The summed E-state index contributed by atoms with van der Waals surface area (Å²) in [6, 6.07) is 2.17. The molecule has 0 spiro atoms. The summed E-state index contributed by atoms with van der Waals surface area (Å²) in [4.78, 5) is 6.36. The molecule has 1 aromatic heterocycles. The summed E-state index contributed by atoms with van der Waals surface area (Å²) in [5, 5.41) is 3.45. The summed E-state index contributed by atoms with van der Waals surface area (Å²) in [7, 11) is 0. The maximum Gasteiger partial charge on any atom is 0.141 e. The Hall–Kier alpha value is -1.00. The number of rotatable bonds is 2. The number of hydrogen-bond acceptors (Lipinski definition) is 3. The molecule has 0 bridgehead atoms. The van der Waals surface area contributed by atoms with Crippen LogP contribution in [-0.2, 0) is 6.54 Å². The Morgan fingerprint density at radius 3 is 3.12 bits per heavy atom. The molecule has 0 radical (unpaired) electrons. The zero-order chi connectivity index (χ0) is 11.8. The van der Waals surface area contributed by atoms with Crippen LogP contribution in [0.4, 0.5) is 4.39 Å². The molecular weight excluding hydrogens is 217 g/mol. The minimum atomic E-state index is -0.240. The third kappa shape index (κ3) is 2.07. The van der Waals surface area contributed by atoms with E-state index in [1.165, 1.54) is 6.20 Å². The van der Waals surface area contributed by atoms with E-state index in [1.54, 1.807) is 12.3 Å². The highest BCUT2D eigenvalue weighted by atomic mass is 19.1. The van der Waals surface area contributed by atoms with Crippen molar-refractivity contribution in [1.82, 2.24) is 15.2 Å². The van der Waals surface area contributed by atoms with Crippen molar-refractivity contribution >= 4 is 0 Å². The molecule has 1 N–H and O–H groups in total. The van der Waals surface area contributed by atoms with E-state index in [9.17, 15) is 4.39 Å². The molecule has 0 aromatic carbocycles. The van der Waals surface area contributed by atoms with Gasteiger partial charge in [0.05, 0.1) is 6.20 Å². The van der Waals surface area contributed by atoms with Gasteiger partial charge in [-0.15, -0.1) is 0 Å². The molecule has 2 fully saturated rings. The Labute approximate surface area is 101 Å². The summed E-state index contributed by atoms with van der Waals surface area (Å²) in [5.41, 5.74) is 0.977. The summed E-state index contributed by atoms with van der Waals surface area (Å²) >= 11 is 0. The predicted molar refractivity (Wildman–Crippen MR) is 63.9 cm³/mol. The molecule has 4 heteroatoms. The minimum Gasteiger partial charge on any atom is -0.316 e. The molecule has 0 amide bonds. The first kappa shape index (κ1) is 11.1. The number of likely N-dealkylation sites (tertiary alicyclic amines) is 1. The maximum atomic E-state index is 13.1. The van der Waals surface area contributed by atoms with E-state index in [1.807, 2.05) is 0 Å². The van der Waals surface area contributed by atoms with Crippen molar-refractivity contribution in [3.63, 3.8) is 0 Å². The Morgan fingerprint density at radius 2 is 2.35 bits per heavy atom. The SMILES string of the molecule is CC1C2CNCC2CN1Cc1cncc(F)c1. The van der Waals surface area contributed by atoms with Crippen molar-refractivity contribution in [1.29, 1.82) is 0 Å². The van der Waals surface area contributed by atoms with Crippen LogP contribution in [-0.4, -0.2) is 35.6 Å². The maximum absolute atomic E-state index is 13.1. The number of hydrogen-bond donors (Lipinski definition) is 1. The van der Waals surface area contributed by atoms with Crippen LogP contribution in [0.25, 0.3) is 0 Å². The number of nitrogens with one attached hydrogen (secondary N) is 1. The van der Waals surface area contributed by atoms with Gasteiger partial charge in [0.15, 0.2) is 0 Å². The molecule has 2 saturated heterocycles. The zero-order valence-corrected chi connectivity index (χ0v) is 10.1. The molecule has 17 heavy (non-hydrogen) atoms. The van der Waals surface area contributed by atoms with Crippen molar-refractivity contribution in [2.75, 3.05) is 19.6 Å². The average Bonchev–Trinajstić information content (AvgIpc) is 2.84. The van der Waals surface area contributed by atoms with E-state index >= 15 is 0 Å². The summed E-state index contributed by atoms with van der Waals surface area (Å²) in [6.07, 6.45) is 3.03. The van der Waals surface area contributed by atoms with E-state index in [4.69, 9.17) is 0 Å². The molecule has 0 aliphatic carbocycles. The minimum absolute atomic E-state index is 0.240. The second-order valence-corrected chi connectivity index (χ2v) is 5.26. The zero-order valence-electron chi connectivity index (χ0n) is 10.1. The molecule has 3 atom stereocenters. The first-order chi connectivity index (χ1) is 8.24. The molecule has 3 unspecified atom stereocenters. The molecule has 2 aliphatic heterocycles. The molecule has 3 heterocycles. The summed E-state index contributed by atoms with van der Waals surface area (Å²) in [6.45, 7) is 6.48. The highest BCUT2D eigenvalue weighted by Gasteiger charge is 2.41. The van der Waals surface area contributed by atoms with Crippen LogP contribution in [0.1, 0.15) is 12.5 Å². The lowest BCUT2D eigenvalue weighted by molar-refractivity contribution is 0.231. The van der Waals surface area contributed by atoms with Gasteiger partial charge in [0.25, 0.3) is 0 Å². The van der Waals surface area contributed by atoms with Crippen LogP contribution in [0, 0.1) is 17.7 Å². The fraction of sp³-hybridized carbons (Fsp3) is 0.615. The number of pyridine rings is 1. The Kier molecular flexibility index (Phi) is 2.84.